The fourth-order valence-corrected chi connectivity index (χ4v) is 5.56. The molecule has 18 heteroatoms. The van der Waals surface area contributed by atoms with E-state index in [0.29, 0.717) is 6.42 Å². The lowest BCUT2D eigenvalue weighted by molar-refractivity contribution is -0.312. The molecule has 0 aromatic heterocycles. The zero-order valence-corrected chi connectivity index (χ0v) is 26.0. The monoisotopic (exact) mass is 665 g/mol. The number of carbonyl (C=O) groups is 6. The minimum atomic E-state index is -2.35. The summed E-state index contributed by atoms with van der Waals surface area (Å²) in [7, 11) is 1.02. The van der Waals surface area contributed by atoms with Gasteiger partial charge in [-0.25, -0.2) is 4.79 Å². The number of thioether (sulfide) groups is 1. The molecule has 2 aliphatic heterocycles. The van der Waals surface area contributed by atoms with Crippen LogP contribution < -0.4 is 10.6 Å². The second-order valence-corrected chi connectivity index (χ2v) is 11.7. The van der Waals surface area contributed by atoms with Gasteiger partial charge >= 0.3 is 5.97 Å². The number of likely N-dealkylation sites (tertiary alicyclic amines) is 1. The molecule has 0 aromatic carbocycles. The van der Waals surface area contributed by atoms with Gasteiger partial charge in [-0.2, -0.15) is 11.8 Å². The molecule has 0 saturated carbocycles. The quantitative estimate of drug-likeness (QED) is 0.0498. The van der Waals surface area contributed by atoms with E-state index in [9.17, 15) is 54.3 Å². The zero-order chi connectivity index (χ0) is 33.7. The third kappa shape index (κ3) is 11.0. The van der Waals surface area contributed by atoms with Crippen molar-refractivity contribution >= 4 is 47.1 Å². The summed E-state index contributed by atoms with van der Waals surface area (Å²) in [4.78, 5) is 73.6. The Morgan fingerprint density at radius 1 is 1.13 bits per heavy atom. The number of hydrogen-bond donors (Lipinski definition) is 7. The second kappa shape index (κ2) is 18.4. The maximum atomic E-state index is 12.6. The summed E-state index contributed by atoms with van der Waals surface area (Å²) >= 11 is 1.30. The van der Waals surface area contributed by atoms with Crippen LogP contribution in [0.4, 0.5) is 0 Å². The van der Waals surface area contributed by atoms with Crippen molar-refractivity contribution in [3.63, 3.8) is 0 Å². The fourth-order valence-electron chi connectivity index (χ4n) is 4.92. The summed E-state index contributed by atoms with van der Waals surface area (Å²) < 4.78 is 15.7. The van der Waals surface area contributed by atoms with E-state index in [1.165, 1.54) is 11.8 Å². The van der Waals surface area contributed by atoms with E-state index in [2.05, 4.69) is 10.6 Å². The van der Waals surface area contributed by atoms with Crippen molar-refractivity contribution in [3.05, 3.63) is 0 Å². The second-order valence-electron chi connectivity index (χ2n) is 10.7. The van der Waals surface area contributed by atoms with Crippen LogP contribution in [0.2, 0.25) is 0 Å². The highest BCUT2D eigenvalue weighted by Gasteiger charge is 2.55. The topological polar surface area (TPSA) is 259 Å². The number of Topliss-reactive ketones (excluding diaryl/α,β-unsaturated/α-hetero) is 1. The van der Waals surface area contributed by atoms with Crippen molar-refractivity contribution < 1.29 is 68.5 Å². The summed E-state index contributed by atoms with van der Waals surface area (Å²) in [5.41, 5.74) is 0. The van der Waals surface area contributed by atoms with Gasteiger partial charge in [0.1, 0.15) is 12.2 Å². The van der Waals surface area contributed by atoms with E-state index in [4.69, 9.17) is 14.2 Å². The molecule has 2 aliphatic rings. The number of carbonyl (C=O) groups excluding carboxylic acids is 5. The number of imide groups is 1. The van der Waals surface area contributed by atoms with Crippen LogP contribution in [-0.4, -0.2) is 154 Å². The highest BCUT2D eigenvalue weighted by atomic mass is 32.2. The van der Waals surface area contributed by atoms with E-state index in [0.717, 1.165) is 12.0 Å². The summed E-state index contributed by atoms with van der Waals surface area (Å²) in [6, 6.07) is 0. The molecule has 2 heterocycles. The zero-order valence-electron chi connectivity index (χ0n) is 25.2. The van der Waals surface area contributed by atoms with Gasteiger partial charge in [-0.15, -0.1) is 0 Å². The molecule has 0 bridgehead atoms. The van der Waals surface area contributed by atoms with Gasteiger partial charge in [-0.1, -0.05) is 0 Å². The summed E-state index contributed by atoms with van der Waals surface area (Å²) in [5.74, 6) is -7.10. The minimum Gasteiger partial charge on any atom is -0.477 e. The molecular weight excluding hydrogens is 622 g/mol. The lowest BCUT2D eigenvalue weighted by Crippen LogP contribution is -2.61. The molecule has 2 fully saturated rings. The molecule has 0 aliphatic carbocycles. The third-order valence-electron chi connectivity index (χ3n) is 7.55. The lowest BCUT2D eigenvalue weighted by atomic mass is 9.80. The number of ketones is 1. The Kier molecular flexibility index (Phi) is 15.8. The number of rotatable bonds is 20. The minimum absolute atomic E-state index is 0.00677. The van der Waals surface area contributed by atoms with Gasteiger partial charge in [0.15, 0.2) is 5.78 Å². The normalized spacial score (nSPS) is 26.4. The van der Waals surface area contributed by atoms with Crippen LogP contribution in [0.15, 0.2) is 0 Å². The van der Waals surface area contributed by atoms with E-state index in [1.807, 2.05) is 0 Å². The van der Waals surface area contributed by atoms with Crippen molar-refractivity contribution in [3.8, 4) is 0 Å². The molecule has 0 radical (unpaired) electrons. The predicted octanol–water partition coefficient (Wildman–Crippen LogP) is -3.24. The Bertz CT molecular complexity index is 1060. The van der Waals surface area contributed by atoms with Crippen LogP contribution in [0.3, 0.4) is 0 Å². The average Bonchev–Trinajstić information content (AvgIpc) is 3.29. The molecule has 2 saturated heterocycles. The fraction of sp³-hybridized carbons (Fsp3) is 0.778. The summed E-state index contributed by atoms with van der Waals surface area (Å²) in [5, 5.41) is 54.4. The molecule has 2 unspecified atom stereocenters. The number of hydrogen-bond acceptors (Lipinski definition) is 14. The number of carboxylic acid groups (broad SMARTS) is 1. The highest BCUT2D eigenvalue weighted by molar-refractivity contribution is 8.00. The molecule has 45 heavy (non-hydrogen) atoms. The van der Waals surface area contributed by atoms with Crippen LogP contribution in [0.1, 0.15) is 38.5 Å². The number of amides is 4. The predicted molar refractivity (Wildman–Crippen MR) is 154 cm³/mol. The first-order valence-corrected chi connectivity index (χ1v) is 15.7. The maximum absolute atomic E-state index is 12.6. The summed E-state index contributed by atoms with van der Waals surface area (Å²) in [6.45, 7) is -0.775. The SMILES string of the molecule is CO[C@]1(C(=O)O)C[C@@H](O)[C@@H](CC(=O)CNC(=O)CCOCCCNC(=O)CCN2C(=O)CC(SC)C2=O)C([C@H](O)[C@H](O)CO)O1. The van der Waals surface area contributed by atoms with E-state index >= 15 is 0 Å². The number of aliphatic hydroxyl groups excluding tert-OH is 4. The summed E-state index contributed by atoms with van der Waals surface area (Å²) in [6.07, 6.45) is -5.52. The smallest absolute Gasteiger partial charge is 0.364 e. The Hall–Kier alpha value is -2.71. The third-order valence-corrected chi connectivity index (χ3v) is 8.49. The van der Waals surface area contributed by atoms with Gasteiger partial charge in [-0.05, 0) is 12.7 Å². The van der Waals surface area contributed by atoms with E-state index in [-0.39, 0.29) is 63.3 Å². The first-order chi connectivity index (χ1) is 21.3. The standard InChI is InChI=1S/C27H43N3O14S/c1-42-27(26(40)41)12-17(33)16(24(44-27)23(38)18(34)14-31)10-15(32)13-29-21(36)5-9-43-8-3-6-28-20(35)4-7-30-22(37)11-19(45-2)25(30)39/h16-19,23-24,31,33-34,38H,3-14H2,1-2H3,(H,28,35)(H,29,36)(H,40,41)/t16-,17-,18-,19?,23-,24?,27-/m1/s1. The molecule has 2 rings (SSSR count). The molecule has 17 nitrogen and oxygen atoms in total. The Morgan fingerprint density at radius 2 is 1.82 bits per heavy atom. The molecule has 7 atom stereocenters. The highest BCUT2D eigenvalue weighted by Crippen LogP contribution is 2.37. The number of aliphatic carboxylic acids is 1. The van der Waals surface area contributed by atoms with Crippen LogP contribution >= 0.6 is 11.8 Å². The largest absolute Gasteiger partial charge is 0.477 e. The van der Waals surface area contributed by atoms with Gasteiger partial charge in [0.05, 0.1) is 37.2 Å². The molecule has 7 N–H and O–H groups in total. The van der Waals surface area contributed by atoms with Crippen molar-refractivity contribution in [2.75, 3.05) is 52.8 Å². The van der Waals surface area contributed by atoms with Crippen molar-refractivity contribution in [1.82, 2.24) is 15.5 Å². The van der Waals surface area contributed by atoms with Gasteiger partial charge in [-0.3, -0.25) is 28.9 Å². The van der Waals surface area contributed by atoms with Crippen LogP contribution in [-0.2, 0) is 43.0 Å². The molecule has 0 spiro atoms. The van der Waals surface area contributed by atoms with Gasteiger partial charge < -0.3 is 50.4 Å². The number of ether oxygens (including phenoxy) is 3. The van der Waals surface area contributed by atoms with E-state index < -0.39 is 85.0 Å². The van der Waals surface area contributed by atoms with Crippen LogP contribution in [0, 0.1) is 5.92 Å². The van der Waals surface area contributed by atoms with Crippen LogP contribution in [0.5, 0.6) is 0 Å². The Morgan fingerprint density at radius 3 is 2.42 bits per heavy atom. The number of nitrogens with one attached hydrogen (secondary N) is 2. The van der Waals surface area contributed by atoms with E-state index in [1.54, 1.807) is 6.26 Å². The maximum Gasteiger partial charge on any atom is 0.364 e. The Balaban J connectivity index is 1.66. The lowest BCUT2D eigenvalue weighted by Gasteiger charge is -2.46. The molecular formula is C27H43N3O14S. The number of nitrogens with zero attached hydrogens (tertiary/aromatic N) is 1. The van der Waals surface area contributed by atoms with Gasteiger partial charge in [0.25, 0.3) is 5.79 Å². The number of carboxylic acids is 1. The number of methoxy groups -OCH3 is 1. The van der Waals surface area contributed by atoms with Crippen molar-refractivity contribution in [2.45, 2.75) is 74.0 Å². The Labute approximate surface area is 263 Å². The van der Waals surface area contributed by atoms with Gasteiger partial charge in [0, 0.05) is 64.8 Å². The first kappa shape index (κ1) is 38.5. The number of aliphatic hydroxyl groups is 4. The molecule has 0 aromatic rings. The van der Waals surface area contributed by atoms with Crippen molar-refractivity contribution in [1.29, 1.82) is 0 Å². The van der Waals surface area contributed by atoms with Crippen LogP contribution in [0.25, 0.3) is 0 Å². The van der Waals surface area contributed by atoms with Gasteiger partial charge in [0.2, 0.25) is 23.6 Å². The van der Waals surface area contributed by atoms with Crippen molar-refractivity contribution in [2.24, 2.45) is 5.92 Å². The molecule has 4 amide bonds. The first-order valence-electron chi connectivity index (χ1n) is 14.4. The molecule has 256 valence electrons. The average molecular weight is 666 g/mol.